The van der Waals surface area contributed by atoms with Crippen molar-refractivity contribution in [1.82, 2.24) is 15.1 Å². The van der Waals surface area contributed by atoms with Crippen molar-refractivity contribution in [1.29, 1.82) is 0 Å². The van der Waals surface area contributed by atoms with Crippen LogP contribution in [0.4, 0.5) is 0 Å². The Hall–Kier alpha value is -2.50. The molecule has 0 saturated carbocycles. The predicted octanol–water partition coefficient (Wildman–Crippen LogP) is 3.93. The molecule has 5 nitrogen and oxygen atoms in total. The lowest BCUT2D eigenvalue weighted by atomic mass is 10.1. The molecule has 1 amide bonds. The summed E-state index contributed by atoms with van der Waals surface area (Å²) in [5.74, 6) is 0.142. The first kappa shape index (κ1) is 18.3. The molecule has 0 spiro atoms. The maximum absolute atomic E-state index is 12.1. The zero-order valence-corrected chi connectivity index (χ0v) is 15.4. The zero-order chi connectivity index (χ0) is 18.4. The normalized spacial score (nSPS) is 10.5. The first-order valence-electron chi connectivity index (χ1n) is 8.00. The smallest absolute Gasteiger partial charge is 0.258 e. The van der Waals surface area contributed by atoms with Gasteiger partial charge in [-0.3, -0.25) is 9.48 Å². The number of halogens is 2. The van der Waals surface area contributed by atoms with E-state index >= 15 is 0 Å². The molecule has 26 heavy (non-hydrogen) atoms. The summed E-state index contributed by atoms with van der Waals surface area (Å²) in [4.78, 5) is 12.1. The van der Waals surface area contributed by atoms with Crippen LogP contribution in [0.5, 0.6) is 5.75 Å². The molecule has 2 aromatic carbocycles. The van der Waals surface area contributed by atoms with Crippen molar-refractivity contribution < 1.29 is 9.53 Å². The molecule has 0 unspecified atom stereocenters. The molecule has 0 fully saturated rings. The van der Waals surface area contributed by atoms with Gasteiger partial charge in [0.25, 0.3) is 5.91 Å². The van der Waals surface area contributed by atoms with E-state index in [0.717, 1.165) is 11.1 Å². The average molecular weight is 390 g/mol. The van der Waals surface area contributed by atoms with Crippen LogP contribution in [0.3, 0.4) is 0 Å². The largest absolute Gasteiger partial charge is 0.482 e. The molecule has 3 rings (SSSR count). The molecule has 3 aromatic rings. The van der Waals surface area contributed by atoms with Crippen LogP contribution < -0.4 is 10.1 Å². The summed E-state index contributed by atoms with van der Waals surface area (Å²) in [5, 5.41) is 7.97. The number of hydrogen-bond acceptors (Lipinski definition) is 3. The van der Waals surface area contributed by atoms with Crippen molar-refractivity contribution in [2.45, 2.75) is 13.1 Å². The molecule has 134 valence electrons. The Balaban J connectivity index is 1.55. The monoisotopic (exact) mass is 389 g/mol. The Morgan fingerprint density at radius 3 is 2.69 bits per heavy atom. The van der Waals surface area contributed by atoms with Crippen LogP contribution in [-0.4, -0.2) is 22.3 Å². The summed E-state index contributed by atoms with van der Waals surface area (Å²) < 4.78 is 7.28. The second-order valence-electron chi connectivity index (χ2n) is 5.61. The molecule has 0 aliphatic rings. The van der Waals surface area contributed by atoms with Crippen LogP contribution in [0, 0.1) is 0 Å². The molecular weight excluding hydrogens is 373 g/mol. The molecule has 0 atom stereocenters. The van der Waals surface area contributed by atoms with Crippen molar-refractivity contribution in [2.24, 2.45) is 0 Å². The highest BCUT2D eigenvalue weighted by molar-refractivity contribution is 6.34. The third kappa shape index (κ3) is 5.00. The molecule has 0 radical (unpaired) electrons. The van der Waals surface area contributed by atoms with Crippen molar-refractivity contribution >= 4 is 29.1 Å². The van der Waals surface area contributed by atoms with E-state index in [2.05, 4.69) is 10.4 Å². The van der Waals surface area contributed by atoms with Gasteiger partial charge in [-0.1, -0.05) is 47.5 Å². The summed E-state index contributed by atoms with van der Waals surface area (Å²) in [6.07, 6.45) is 3.64. The number of ether oxygens (including phenoxy) is 1. The van der Waals surface area contributed by atoms with Crippen LogP contribution in [0.15, 0.2) is 60.9 Å². The van der Waals surface area contributed by atoms with E-state index in [4.69, 9.17) is 27.9 Å². The van der Waals surface area contributed by atoms with Gasteiger partial charge in [0.2, 0.25) is 0 Å². The molecule has 0 saturated heterocycles. The number of hydrogen-bond donors (Lipinski definition) is 1. The van der Waals surface area contributed by atoms with Gasteiger partial charge in [-0.25, -0.2) is 0 Å². The van der Waals surface area contributed by atoms with Crippen molar-refractivity contribution in [3.8, 4) is 5.75 Å². The van der Waals surface area contributed by atoms with Gasteiger partial charge in [-0.15, -0.1) is 0 Å². The molecule has 1 heterocycles. The first-order valence-corrected chi connectivity index (χ1v) is 8.76. The van der Waals surface area contributed by atoms with Crippen molar-refractivity contribution in [2.75, 3.05) is 6.61 Å². The van der Waals surface area contributed by atoms with E-state index in [1.165, 1.54) is 0 Å². The van der Waals surface area contributed by atoms with E-state index in [1.54, 1.807) is 24.4 Å². The Morgan fingerprint density at radius 2 is 1.92 bits per heavy atom. The Labute approximate surface area is 161 Å². The fraction of sp³-hybridized carbons (Fsp3) is 0.158. The Morgan fingerprint density at radius 1 is 1.12 bits per heavy atom. The Kier molecular flexibility index (Phi) is 6.15. The number of aromatic nitrogens is 2. The lowest BCUT2D eigenvalue weighted by Crippen LogP contribution is -2.29. The first-order chi connectivity index (χ1) is 12.6. The molecule has 0 aliphatic heterocycles. The third-order valence-electron chi connectivity index (χ3n) is 3.74. The quantitative estimate of drug-likeness (QED) is 0.665. The highest BCUT2D eigenvalue weighted by atomic mass is 35.5. The number of nitrogens with one attached hydrogen (secondary N) is 1. The van der Waals surface area contributed by atoms with Gasteiger partial charge in [0.05, 0.1) is 11.6 Å². The standard InChI is InChI=1S/C19H17Cl2N3O2/c20-16-6-7-17(21)18(10-16)26-13-19(25)22-11-14-4-1-2-5-15(14)12-24-9-3-8-23-24/h1-10H,11-13H2,(H,22,25). The molecule has 1 N–H and O–H groups in total. The van der Waals surface area contributed by atoms with Crippen LogP contribution in [-0.2, 0) is 17.9 Å². The number of carbonyl (C=O) groups is 1. The molecule has 7 heteroatoms. The maximum Gasteiger partial charge on any atom is 0.258 e. The molecule has 0 aliphatic carbocycles. The minimum atomic E-state index is -0.241. The van der Waals surface area contributed by atoms with E-state index in [0.29, 0.717) is 28.9 Å². The number of rotatable bonds is 7. The minimum Gasteiger partial charge on any atom is -0.482 e. The zero-order valence-electron chi connectivity index (χ0n) is 13.9. The van der Waals surface area contributed by atoms with Crippen LogP contribution >= 0.6 is 23.2 Å². The second-order valence-corrected chi connectivity index (χ2v) is 6.46. The fourth-order valence-electron chi connectivity index (χ4n) is 2.43. The average Bonchev–Trinajstić information content (AvgIpc) is 3.15. The van der Waals surface area contributed by atoms with Gasteiger partial charge < -0.3 is 10.1 Å². The predicted molar refractivity (Wildman–Crippen MR) is 102 cm³/mol. The maximum atomic E-state index is 12.1. The summed E-state index contributed by atoms with van der Waals surface area (Å²) >= 11 is 11.9. The summed E-state index contributed by atoms with van der Waals surface area (Å²) in [6, 6.07) is 14.7. The third-order valence-corrected chi connectivity index (χ3v) is 4.29. The molecular formula is C19H17Cl2N3O2. The SMILES string of the molecule is O=C(COc1cc(Cl)ccc1Cl)NCc1ccccc1Cn1cccn1. The van der Waals surface area contributed by atoms with Gasteiger partial charge >= 0.3 is 0 Å². The van der Waals surface area contributed by atoms with Crippen molar-refractivity contribution in [3.05, 3.63) is 82.1 Å². The number of amides is 1. The van der Waals surface area contributed by atoms with Crippen LogP contribution in [0.25, 0.3) is 0 Å². The lowest BCUT2D eigenvalue weighted by Gasteiger charge is -2.12. The number of benzene rings is 2. The van der Waals surface area contributed by atoms with Gasteiger partial charge in [0.1, 0.15) is 5.75 Å². The van der Waals surface area contributed by atoms with E-state index in [9.17, 15) is 4.79 Å². The highest BCUT2D eigenvalue weighted by Crippen LogP contribution is 2.27. The van der Waals surface area contributed by atoms with Gasteiger partial charge in [-0.05, 0) is 29.3 Å². The number of nitrogens with zero attached hydrogens (tertiary/aromatic N) is 2. The van der Waals surface area contributed by atoms with Crippen LogP contribution in [0.2, 0.25) is 10.0 Å². The summed E-state index contributed by atoms with van der Waals surface area (Å²) in [6.45, 7) is 0.915. The minimum absolute atomic E-state index is 0.138. The topological polar surface area (TPSA) is 56.1 Å². The van der Waals surface area contributed by atoms with Gasteiger partial charge in [0, 0.05) is 30.0 Å². The van der Waals surface area contributed by atoms with Crippen LogP contribution in [0.1, 0.15) is 11.1 Å². The van der Waals surface area contributed by atoms with E-state index in [1.807, 2.05) is 41.2 Å². The van der Waals surface area contributed by atoms with Gasteiger partial charge in [-0.2, -0.15) is 5.10 Å². The Bertz CT molecular complexity index is 882. The van der Waals surface area contributed by atoms with E-state index < -0.39 is 0 Å². The van der Waals surface area contributed by atoms with E-state index in [-0.39, 0.29) is 12.5 Å². The molecule has 0 bridgehead atoms. The van der Waals surface area contributed by atoms with Gasteiger partial charge in [0.15, 0.2) is 6.61 Å². The lowest BCUT2D eigenvalue weighted by molar-refractivity contribution is -0.123. The summed E-state index contributed by atoms with van der Waals surface area (Å²) in [5.41, 5.74) is 2.12. The number of carbonyl (C=O) groups excluding carboxylic acids is 1. The highest BCUT2D eigenvalue weighted by Gasteiger charge is 2.08. The summed E-state index contributed by atoms with van der Waals surface area (Å²) in [7, 11) is 0. The second kappa shape index (κ2) is 8.74. The fourth-order valence-corrected chi connectivity index (χ4v) is 2.76. The van der Waals surface area contributed by atoms with Crippen molar-refractivity contribution in [3.63, 3.8) is 0 Å². The molecule has 1 aromatic heterocycles.